The SMILES string of the molecule is NC(=O)c1ccc(Cn2cnc3ccc(O)cc3c2=O)cc1. The first-order valence-electron chi connectivity index (χ1n) is 6.61. The molecule has 0 unspecified atom stereocenters. The van der Waals surface area contributed by atoms with E-state index in [1.807, 2.05) is 0 Å². The number of benzene rings is 2. The van der Waals surface area contributed by atoms with Gasteiger partial charge in [-0.1, -0.05) is 12.1 Å². The number of carbonyl (C=O) groups is 1. The molecule has 1 heterocycles. The summed E-state index contributed by atoms with van der Waals surface area (Å²) < 4.78 is 1.45. The molecule has 0 aliphatic rings. The van der Waals surface area contributed by atoms with Crippen molar-refractivity contribution in [3.05, 3.63) is 70.3 Å². The van der Waals surface area contributed by atoms with Gasteiger partial charge in [0.15, 0.2) is 0 Å². The minimum Gasteiger partial charge on any atom is -0.508 e. The van der Waals surface area contributed by atoms with Crippen LogP contribution in [0.25, 0.3) is 10.9 Å². The topological polar surface area (TPSA) is 98.2 Å². The van der Waals surface area contributed by atoms with E-state index in [4.69, 9.17) is 5.73 Å². The minimum absolute atomic E-state index is 0.0231. The van der Waals surface area contributed by atoms with E-state index >= 15 is 0 Å². The van der Waals surface area contributed by atoms with Gasteiger partial charge in [0.1, 0.15) is 5.75 Å². The molecule has 2 aromatic carbocycles. The molecule has 1 amide bonds. The second kappa shape index (κ2) is 5.33. The van der Waals surface area contributed by atoms with E-state index in [-0.39, 0.29) is 11.3 Å². The summed E-state index contributed by atoms with van der Waals surface area (Å²) in [4.78, 5) is 27.6. The monoisotopic (exact) mass is 295 g/mol. The Morgan fingerprint density at radius 3 is 2.59 bits per heavy atom. The number of nitrogens with two attached hydrogens (primary N) is 1. The van der Waals surface area contributed by atoms with Crippen molar-refractivity contribution in [2.24, 2.45) is 5.73 Å². The van der Waals surface area contributed by atoms with Crippen LogP contribution in [0.1, 0.15) is 15.9 Å². The van der Waals surface area contributed by atoms with Crippen LogP contribution in [0, 0.1) is 0 Å². The number of phenols is 1. The lowest BCUT2D eigenvalue weighted by molar-refractivity contribution is 0.100. The quantitative estimate of drug-likeness (QED) is 0.759. The van der Waals surface area contributed by atoms with Crippen LogP contribution < -0.4 is 11.3 Å². The highest BCUT2D eigenvalue weighted by Gasteiger charge is 2.06. The Morgan fingerprint density at radius 2 is 1.91 bits per heavy atom. The average Bonchev–Trinajstić information content (AvgIpc) is 2.51. The fourth-order valence-electron chi connectivity index (χ4n) is 2.23. The molecule has 0 saturated heterocycles. The molecule has 22 heavy (non-hydrogen) atoms. The van der Waals surface area contributed by atoms with Crippen LogP contribution >= 0.6 is 0 Å². The molecule has 0 aliphatic heterocycles. The molecule has 0 saturated carbocycles. The van der Waals surface area contributed by atoms with Crippen molar-refractivity contribution in [1.82, 2.24) is 9.55 Å². The number of rotatable bonds is 3. The number of primary amides is 1. The molecular formula is C16H13N3O3. The highest BCUT2D eigenvalue weighted by molar-refractivity contribution is 5.92. The van der Waals surface area contributed by atoms with Gasteiger partial charge in [0.2, 0.25) is 5.91 Å². The molecule has 6 nitrogen and oxygen atoms in total. The summed E-state index contributed by atoms with van der Waals surface area (Å²) >= 11 is 0. The first-order valence-corrected chi connectivity index (χ1v) is 6.61. The second-order valence-electron chi connectivity index (χ2n) is 4.94. The predicted octanol–water partition coefficient (Wildman–Crippen LogP) is 1.25. The van der Waals surface area contributed by atoms with Crippen LogP contribution in [0.15, 0.2) is 53.6 Å². The lowest BCUT2D eigenvalue weighted by Gasteiger charge is -2.07. The van der Waals surface area contributed by atoms with Gasteiger partial charge in [-0.3, -0.25) is 14.2 Å². The van der Waals surface area contributed by atoms with Crippen molar-refractivity contribution >= 4 is 16.8 Å². The van der Waals surface area contributed by atoms with E-state index in [0.29, 0.717) is 23.0 Å². The Labute approximate surface area is 125 Å². The lowest BCUT2D eigenvalue weighted by atomic mass is 10.1. The number of fused-ring (bicyclic) bond motifs is 1. The van der Waals surface area contributed by atoms with Crippen LogP contribution in [-0.2, 0) is 6.54 Å². The van der Waals surface area contributed by atoms with Crippen LogP contribution in [0.5, 0.6) is 5.75 Å². The summed E-state index contributed by atoms with van der Waals surface area (Å²) in [5, 5.41) is 9.86. The molecule has 1 aromatic heterocycles. The Balaban J connectivity index is 1.98. The van der Waals surface area contributed by atoms with Crippen molar-refractivity contribution in [1.29, 1.82) is 0 Å². The summed E-state index contributed by atoms with van der Waals surface area (Å²) in [6, 6.07) is 11.2. The molecular weight excluding hydrogens is 282 g/mol. The van der Waals surface area contributed by atoms with Crippen molar-refractivity contribution in [3.8, 4) is 5.75 Å². The predicted molar refractivity (Wildman–Crippen MR) is 81.7 cm³/mol. The smallest absolute Gasteiger partial charge is 0.261 e. The number of phenolic OH excluding ortho intramolecular Hbond substituents is 1. The largest absolute Gasteiger partial charge is 0.508 e. The molecule has 0 bridgehead atoms. The van der Waals surface area contributed by atoms with Gasteiger partial charge in [-0.25, -0.2) is 4.98 Å². The second-order valence-corrected chi connectivity index (χ2v) is 4.94. The van der Waals surface area contributed by atoms with Gasteiger partial charge in [0.05, 0.1) is 23.8 Å². The van der Waals surface area contributed by atoms with Crippen LogP contribution in [0.4, 0.5) is 0 Å². The molecule has 0 fully saturated rings. The zero-order chi connectivity index (χ0) is 15.7. The zero-order valence-electron chi connectivity index (χ0n) is 11.6. The van der Waals surface area contributed by atoms with E-state index in [1.54, 1.807) is 30.3 Å². The molecule has 3 N–H and O–H groups in total. The summed E-state index contributed by atoms with van der Waals surface area (Å²) in [6.07, 6.45) is 1.46. The van der Waals surface area contributed by atoms with E-state index in [1.165, 1.54) is 23.0 Å². The maximum Gasteiger partial charge on any atom is 0.261 e. The van der Waals surface area contributed by atoms with Crippen LogP contribution in [0.2, 0.25) is 0 Å². The van der Waals surface area contributed by atoms with Crippen molar-refractivity contribution < 1.29 is 9.90 Å². The van der Waals surface area contributed by atoms with Gasteiger partial charge in [0.25, 0.3) is 5.56 Å². The van der Waals surface area contributed by atoms with E-state index < -0.39 is 5.91 Å². The summed E-state index contributed by atoms with van der Waals surface area (Å²) in [7, 11) is 0. The van der Waals surface area contributed by atoms with E-state index in [0.717, 1.165) is 5.56 Å². The summed E-state index contributed by atoms with van der Waals surface area (Å²) in [5.41, 5.74) is 6.74. The molecule has 3 aromatic rings. The number of aromatic hydroxyl groups is 1. The lowest BCUT2D eigenvalue weighted by Crippen LogP contribution is -2.21. The fraction of sp³-hybridized carbons (Fsp3) is 0.0625. The number of hydrogen-bond acceptors (Lipinski definition) is 4. The van der Waals surface area contributed by atoms with Crippen LogP contribution in [-0.4, -0.2) is 20.6 Å². The maximum atomic E-state index is 12.4. The standard InChI is InChI=1S/C16H13N3O3/c17-15(21)11-3-1-10(2-4-11)8-19-9-18-14-6-5-12(20)7-13(14)16(19)22/h1-7,9,20H,8H2,(H2,17,21). The number of amides is 1. The van der Waals surface area contributed by atoms with Gasteiger partial charge < -0.3 is 10.8 Å². The molecule has 0 atom stereocenters. The first kappa shape index (κ1) is 13.8. The van der Waals surface area contributed by atoms with Gasteiger partial charge in [-0.15, -0.1) is 0 Å². The molecule has 6 heteroatoms. The van der Waals surface area contributed by atoms with Crippen LogP contribution in [0.3, 0.4) is 0 Å². The Hall–Kier alpha value is -3.15. The highest BCUT2D eigenvalue weighted by Crippen LogP contribution is 2.14. The highest BCUT2D eigenvalue weighted by atomic mass is 16.3. The number of carbonyl (C=O) groups excluding carboxylic acids is 1. The molecule has 3 rings (SSSR count). The van der Waals surface area contributed by atoms with Gasteiger partial charge in [-0.05, 0) is 35.9 Å². The van der Waals surface area contributed by atoms with Gasteiger partial charge in [0, 0.05) is 5.56 Å². The van der Waals surface area contributed by atoms with E-state index in [2.05, 4.69) is 4.98 Å². The number of hydrogen-bond donors (Lipinski definition) is 2. The summed E-state index contributed by atoms with van der Waals surface area (Å²) in [6.45, 7) is 0.316. The third kappa shape index (κ3) is 2.54. The van der Waals surface area contributed by atoms with E-state index in [9.17, 15) is 14.7 Å². The Morgan fingerprint density at radius 1 is 1.18 bits per heavy atom. The molecule has 0 radical (unpaired) electrons. The van der Waals surface area contributed by atoms with Crippen molar-refractivity contribution in [2.75, 3.05) is 0 Å². The number of nitrogens with zero attached hydrogens (tertiary/aromatic N) is 2. The Kier molecular flexibility index (Phi) is 3.34. The fourth-order valence-corrected chi connectivity index (χ4v) is 2.23. The van der Waals surface area contributed by atoms with Gasteiger partial charge >= 0.3 is 0 Å². The van der Waals surface area contributed by atoms with Crippen molar-refractivity contribution in [3.63, 3.8) is 0 Å². The molecule has 0 aliphatic carbocycles. The number of aromatic nitrogens is 2. The average molecular weight is 295 g/mol. The maximum absolute atomic E-state index is 12.4. The molecule has 110 valence electrons. The molecule has 0 spiro atoms. The summed E-state index contributed by atoms with van der Waals surface area (Å²) in [5.74, 6) is -0.471. The third-order valence-electron chi connectivity index (χ3n) is 3.40. The van der Waals surface area contributed by atoms with Gasteiger partial charge in [-0.2, -0.15) is 0 Å². The Bertz CT molecular complexity index is 914. The third-order valence-corrected chi connectivity index (χ3v) is 3.40. The normalized spacial score (nSPS) is 10.7. The van der Waals surface area contributed by atoms with Crippen molar-refractivity contribution in [2.45, 2.75) is 6.54 Å². The minimum atomic E-state index is -0.494. The first-order chi connectivity index (χ1) is 10.5. The zero-order valence-corrected chi connectivity index (χ0v) is 11.6.